The van der Waals surface area contributed by atoms with E-state index in [2.05, 4.69) is 27.4 Å². The fourth-order valence-electron chi connectivity index (χ4n) is 4.43. The van der Waals surface area contributed by atoms with Crippen LogP contribution in [0.25, 0.3) is 0 Å². The van der Waals surface area contributed by atoms with Crippen LogP contribution < -0.4 is 0 Å². The number of fused-ring (bicyclic) bond motifs is 2. The summed E-state index contributed by atoms with van der Waals surface area (Å²) in [5, 5.41) is 0. The Bertz CT molecular complexity index is 946. The Labute approximate surface area is 179 Å². The molecule has 0 aromatic heterocycles. The van der Waals surface area contributed by atoms with Crippen molar-refractivity contribution in [1.29, 1.82) is 0 Å². The van der Waals surface area contributed by atoms with E-state index in [1.54, 1.807) is 4.90 Å². The molecule has 6 heteroatoms. The monoisotopic (exact) mass is 454 g/mol. The minimum Gasteiger partial charge on any atom is -0.469 e. The highest BCUT2D eigenvalue weighted by Gasteiger charge is 2.55. The SMILES string of the molecule is C=C1[C@@H]2[C@@H](C(=O)OC)C[C@H](C(=O)N1Cc1ccccc1Br)N2Cc1ccccc1. The molecule has 29 heavy (non-hydrogen) atoms. The third kappa shape index (κ3) is 3.63. The lowest BCUT2D eigenvalue weighted by Crippen LogP contribution is -2.55. The summed E-state index contributed by atoms with van der Waals surface area (Å²) < 4.78 is 6.00. The Morgan fingerprint density at radius 3 is 2.52 bits per heavy atom. The minimum absolute atomic E-state index is 0.00987. The van der Waals surface area contributed by atoms with Gasteiger partial charge in [0.1, 0.15) is 0 Å². The third-order valence-corrected chi connectivity index (χ3v) is 6.63. The summed E-state index contributed by atoms with van der Waals surface area (Å²) in [6.07, 6.45) is 0.453. The summed E-state index contributed by atoms with van der Waals surface area (Å²) in [5.41, 5.74) is 2.77. The average Bonchev–Trinajstić information content (AvgIpc) is 3.06. The molecule has 2 aromatic carbocycles. The van der Waals surface area contributed by atoms with E-state index in [1.807, 2.05) is 54.6 Å². The maximum atomic E-state index is 13.4. The normalized spacial score (nSPS) is 24.1. The molecule has 150 valence electrons. The molecule has 2 fully saturated rings. The van der Waals surface area contributed by atoms with Gasteiger partial charge in [0, 0.05) is 16.7 Å². The summed E-state index contributed by atoms with van der Waals surface area (Å²) in [5.74, 6) is -0.689. The number of ether oxygens (including phenoxy) is 1. The van der Waals surface area contributed by atoms with Crippen molar-refractivity contribution in [1.82, 2.24) is 9.80 Å². The van der Waals surface area contributed by atoms with Gasteiger partial charge in [-0.05, 0) is 23.6 Å². The van der Waals surface area contributed by atoms with E-state index in [9.17, 15) is 9.59 Å². The van der Waals surface area contributed by atoms with Gasteiger partial charge in [0.15, 0.2) is 0 Å². The van der Waals surface area contributed by atoms with Crippen molar-refractivity contribution in [2.45, 2.75) is 31.6 Å². The van der Waals surface area contributed by atoms with Gasteiger partial charge >= 0.3 is 5.97 Å². The van der Waals surface area contributed by atoms with Gasteiger partial charge in [0.25, 0.3) is 0 Å². The fourth-order valence-corrected chi connectivity index (χ4v) is 4.84. The van der Waals surface area contributed by atoms with E-state index in [1.165, 1.54) is 7.11 Å². The lowest BCUT2D eigenvalue weighted by molar-refractivity contribution is -0.147. The number of esters is 1. The smallest absolute Gasteiger partial charge is 0.310 e. The number of likely N-dealkylation sites (tertiary alicyclic amines) is 1. The molecule has 2 aromatic rings. The first-order valence-electron chi connectivity index (χ1n) is 9.62. The summed E-state index contributed by atoms with van der Waals surface area (Å²) >= 11 is 3.56. The second kappa shape index (κ2) is 8.13. The molecule has 3 atom stereocenters. The Morgan fingerprint density at radius 2 is 1.83 bits per heavy atom. The quantitative estimate of drug-likeness (QED) is 0.645. The number of carbonyl (C=O) groups excluding carboxylic acids is 2. The van der Waals surface area contributed by atoms with E-state index in [0.717, 1.165) is 15.6 Å². The van der Waals surface area contributed by atoms with Crippen molar-refractivity contribution in [3.63, 3.8) is 0 Å². The Hall–Kier alpha value is -2.44. The molecule has 2 aliphatic rings. The number of halogens is 1. The van der Waals surface area contributed by atoms with E-state index < -0.39 is 5.92 Å². The predicted octanol–water partition coefficient (Wildman–Crippen LogP) is 3.74. The number of nitrogens with zero attached hydrogens (tertiary/aromatic N) is 2. The molecule has 2 heterocycles. The molecular weight excluding hydrogens is 432 g/mol. The van der Waals surface area contributed by atoms with Crippen molar-refractivity contribution in [3.8, 4) is 0 Å². The molecule has 4 rings (SSSR count). The highest BCUT2D eigenvalue weighted by atomic mass is 79.9. The van der Waals surface area contributed by atoms with Crippen LogP contribution >= 0.6 is 15.9 Å². The van der Waals surface area contributed by atoms with Crippen molar-refractivity contribution in [3.05, 3.63) is 82.5 Å². The zero-order chi connectivity index (χ0) is 20.5. The van der Waals surface area contributed by atoms with Gasteiger partial charge in [-0.25, -0.2) is 0 Å². The maximum Gasteiger partial charge on any atom is 0.310 e. The number of hydrogen-bond donors (Lipinski definition) is 0. The van der Waals surface area contributed by atoms with Crippen LogP contribution in [-0.2, 0) is 27.4 Å². The molecule has 0 radical (unpaired) electrons. The molecule has 0 spiro atoms. The Morgan fingerprint density at radius 1 is 1.14 bits per heavy atom. The van der Waals surface area contributed by atoms with Crippen LogP contribution in [0, 0.1) is 5.92 Å². The van der Waals surface area contributed by atoms with Crippen molar-refractivity contribution >= 4 is 27.8 Å². The molecule has 2 saturated heterocycles. The van der Waals surface area contributed by atoms with Gasteiger partial charge in [0.05, 0.1) is 31.7 Å². The van der Waals surface area contributed by atoms with Gasteiger partial charge in [0.2, 0.25) is 5.91 Å². The van der Waals surface area contributed by atoms with Crippen molar-refractivity contribution in [2.75, 3.05) is 7.11 Å². The third-order valence-electron chi connectivity index (χ3n) is 5.85. The maximum absolute atomic E-state index is 13.4. The first kappa shape index (κ1) is 19.9. The Kier molecular flexibility index (Phi) is 5.56. The van der Waals surface area contributed by atoms with Crippen LogP contribution in [-0.4, -0.2) is 40.9 Å². The first-order valence-corrected chi connectivity index (χ1v) is 10.4. The molecular formula is C23H23BrN2O3. The van der Waals surface area contributed by atoms with Gasteiger partial charge in [-0.1, -0.05) is 71.0 Å². The molecule has 0 unspecified atom stereocenters. The van der Waals surface area contributed by atoms with Crippen LogP contribution in [0.5, 0.6) is 0 Å². The second-order valence-corrected chi connectivity index (χ2v) is 8.35. The summed E-state index contributed by atoms with van der Waals surface area (Å²) in [6, 6.07) is 17.2. The predicted molar refractivity (Wildman–Crippen MR) is 114 cm³/mol. The lowest BCUT2D eigenvalue weighted by atomic mass is 9.97. The number of carbonyl (C=O) groups is 2. The van der Waals surface area contributed by atoms with Crippen molar-refractivity contribution < 1.29 is 14.3 Å². The van der Waals surface area contributed by atoms with Crippen molar-refractivity contribution in [2.24, 2.45) is 5.92 Å². The van der Waals surface area contributed by atoms with Crippen LogP contribution in [0.2, 0.25) is 0 Å². The zero-order valence-electron chi connectivity index (χ0n) is 16.3. The second-order valence-electron chi connectivity index (χ2n) is 7.49. The van der Waals surface area contributed by atoms with E-state index >= 15 is 0 Å². The fraction of sp³-hybridized carbons (Fsp3) is 0.304. The average molecular weight is 455 g/mol. The number of piperazine rings is 1. The molecule has 1 amide bonds. The van der Waals surface area contributed by atoms with Gasteiger partial charge in [-0.3, -0.25) is 14.5 Å². The molecule has 2 bridgehead atoms. The van der Waals surface area contributed by atoms with E-state index in [-0.39, 0.29) is 24.0 Å². The standard InChI is InChI=1S/C23H23BrN2O3/c1-15-21-18(23(28)29-2)12-20(26(21)13-16-8-4-3-5-9-16)22(27)25(15)14-17-10-6-7-11-19(17)24/h3-11,18,20-21H,1,12-14H2,2H3/t18-,20+,21+/m0/s1. The summed E-state index contributed by atoms with van der Waals surface area (Å²) in [7, 11) is 1.40. The number of amides is 1. The highest BCUT2D eigenvalue weighted by molar-refractivity contribution is 9.10. The van der Waals surface area contributed by atoms with Gasteiger partial charge in [-0.2, -0.15) is 0 Å². The van der Waals surface area contributed by atoms with Gasteiger partial charge in [-0.15, -0.1) is 0 Å². The summed E-state index contributed by atoms with van der Waals surface area (Å²) in [6.45, 7) is 5.27. The topological polar surface area (TPSA) is 49.9 Å². The molecule has 0 aliphatic carbocycles. The molecule has 5 nitrogen and oxygen atoms in total. The Balaban J connectivity index is 1.66. The molecule has 0 N–H and O–H groups in total. The molecule has 0 saturated carbocycles. The van der Waals surface area contributed by atoms with E-state index in [0.29, 0.717) is 25.2 Å². The van der Waals surface area contributed by atoms with Gasteiger partial charge < -0.3 is 9.64 Å². The first-order chi connectivity index (χ1) is 14.0. The van der Waals surface area contributed by atoms with Crippen LogP contribution in [0.15, 0.2) is 71.3 Å². The largest absolute Gasteiger partial charge is 0.469 e. The zero-order valence-corrected chi connectivity index (χ0v) is 17.8. The summed E-state index contributed by atoms with van der Waals surface area (Å²) in [4.78, 5) is 29.8. The van der Waals surface area contributed by atoms with Crippen LogP contribution in [0.4, 0.5) is 0 Å². The number of benzene rings is 2. The number of methoxy groups -OCH3 is 1. The molecule has 2 aliphatic heterocycles. The highest BCUT2D eigenvalue weighted by Crippen LogP contribution is 2.42. The van der Waals surface area contributed by atoms with E-state index in [4.69, 9.17) is 4.74 Å². The minimum atomic E-state index is -0.394. The number of hydrogen-bond acceptors (Lipinski definition) is 4. The van der Waals surface area contributed by atoms with Crippen LogP contribution in [0.3, 0.4) is 0 Å². The number of rotatable bonds is 5. The lowest BCUT2D eigenvalue weighted by Gasteiger charge is -2.42. The van der Waals surface area contributed by atoms with Crippen LogP contribution in [0.1, 0.15) is 17.5 Å².